The van der Waals surface area contributed by atoms with Crippen LogP contribution in [0.3, 0.4) is 0 Å². The topological polar surface area (TPSA) is 155 Å². The molecule has 3 aromatic carbocycles. The SMILES string of the molecule is O=C1/C(=C/c2ccco2)N=C(c2ccccc2)N1c1ccc2c(S(=O)(=O)O)cccc2c1S(=O)(=O)O. The summed E-state index contributed by atoms with van der Waals surface area (Å²) in [6, 6.07) is 17.7. The molecule has 0 atom stereocenters. The third kappa shape index (κ3) is 4.12. The molecule has 0 saturated heterocycles. The quantitative estimate of drug-likeness (QED) is 0.295. The standard InChI is InChI=1S/C24H16N2O8S2/c27-24-19(14-16-8-5-13-34-16)25-23(15-6-2-1-3-7-15)26(24)20-12-11-17-18(22(20)36(31,32)33)9-4-10-21(17)35(28,29)30/h1-14H,(H,28,29,30)(H,31,32,33)/b19-14-. The molecule has 0 saturated carbocycles. The highest BCUT2D eigenvalue weighted by Gasteiger charge is 2.37. The Balaban J connectivity index is 1.81. The normalized spacial score (nSPS) is 15.6. The summed E-state index contributed by atoms with van der Waals surface area (Å²) in [5.41, 5.74) is 0.159. The van der Waals surface area contributed by atoms with Crippen LogP contribution in [0.1, 0.15) is 11.3 Å². The van der Waals surface area contributed by atoms with E-state index in [0.717, 1.165) is 11.0 Å². The van der Waals surface area contributed by atoms with Crippen LogP contribution < -0.4 is 4.90 Å². The molecule has 5 rings (SSSR count). The zero-order valence-corrected chi connectivity index (χ0v) is 19.8. The minimum Gasteiger partial charge on any atom is -0.465 e. The fraction of sp³-hybridized carbons (Fsp3) is 0. The van der Waals surface area contributed by atoms with Gasteiger partial charge >= 0.3 is 0 Å². The highest BCUT2D eigenvalue weighted by molar-refractivity contribution is 7.86. The number of nitrogens with zero attached hydrogens (tertiary/aromatic N) is 2. The zero-order valence-electron chi connectivity index (χ0n) is 18.1. The van der Waals surface area contributed by atoms with Crippen molar-refractivity contribution < 1.29 is 35.2 Å². The Morgan fingerprint density at radius 1 is 0.806 bits per heavy atom. The van der Waals surface area contributed by atoms with Crippen molar-refractivity contribution in [3.8, 4) is 0 Å². The summed E-state index contributed by atoms with van der Waals surface area (Å²) in [6.45, 7) is 0. The molecule has 0 bridgehead atoms. The van der Waals surface area contributed by atoms with Crippen LogP contribution in [0.25, 0.3) is 16.8 Å². The number of amidine groups is 1. The summed E-state index contributed by atoms with van der Waals surface area (Å²) in [7, 11) is -9.75. The van der Waals surface area contributed by atoms with Crippen molar-refractivity contribution in [1.82, 2.24) is 0 Å². The number of rotatable bonds is 5. The molecule has 36 heavy (non-hydrogen) atoms. The van der Waals surface area contributed by atoms with Crippen molar-refractivity contribution in [2.24, 2.45) is 4.99 Å². The number of anilines is 1. The van der Waals surface area contributed by atoms with E-state index < -0.39 is 35.9 Å². The van der Waals surface area contributed by atoms with Gasteiger partial charge in [-0.1, -0.05) is 48.5 Å². The first-order valence-corrected chi connectivity index (χ1v) is 13.2. The van der Waals surface area contributed by atoms with E-state index >= 15 is 0 Å². The van der Waals surface area contributed by atoms with Crippen molar-refractivity contribution in [3.63, 3.8) is 0 Å². The molecule has 2 heterocycles. The van der Waals surface area contributed by atoms with Crippen molar-refractivity contribution in [1.29, 1.82) is 0 Å². The first-order valence-electron chi connectivity index (χ1n) is 10.3. The summed E-state index contributed by atoms with van der Waals surface area (Å²) in [4.78, 5) is 17.7. The molecule has 182 valence electrons. The van der Waals surface area contributed by atoms with Crippen molar-refractivity contribution in [3.05, 3.63) is 96.1 Å². The molecule has 1 amide bonds. The summed E-state index contributed by atoms with van der Waals surface area (Å²) in [6.07, 6.45) is 2.80. The number of fused-ring (bicyclic) bond motifs is 1. The zero-order chi connectivity index (χ0) is 25.7. The van der Waals surface area contributed by atoms with E-state index in [9.17, 15) is 30.7 Å². The Morgan fingerprint density at radius 3 is 2.19 bits per heavy atom. The second-order valence-corrected chi connectivity index (χ2v) is 10.5. The number of hydrogen-bond donors (Lipinski definition) is 2. The minimum absolute atomic E-state index is 0.0584. The number of aliphatic imine (C=N–C) groups is 1. The summed E-state index contributed by atoms with van der Waals surface area (Å²) >= 11 is 0. The highest BCUT2D eigenvalue weighted by Crippen LogP contribution is 2.38. The molecule has 10 nitrogen and oxygen atoms in total. The second kappa shape index (κ2) is 8.53. The number of furan rings is 1. The van der Waals surface area contributed by atoms with E-state index in [-0.39, 0.29) is 28.0 Å². The fourth-order valence-corrected chi connectivity index (χ4v) is 5.58. The third-order valence-electron chi connectivity index (χ3n) is 5.44. The van der Waals surface area contributed by atoms with Gasteiger partial charge in [-0.2, -0.15) is 16.8 Å². The Labute approximate surface area is 205 Å². The molecule has 1 aliphatic rings. The van der Waals surface area contributed by atoms with Gasteiger partial charge in [0.2, 0.25) is 0 Å². The van der Waals surface area contributed by atoms with Gasteiger partial charge in [-0.15, -0.1) is 0 Å². The molecule has 0 fully saturated rings. The monoisotopic (exact) mass is 524 g/mol. The molecule has 0 unspecified atom stereocenters. The third-order valence-corrected chi connectivity index (χ3v) is 7.30. The molecule has 4 aromatic rings. The molecule has 2 N–H and O–H groups in total. The van der Waals surface area contributed by atoms with Crippen LogP contribution >= 0.6 is 0 Å². The summed E-state index contributed by atoms with van der Waals surface area (Å²) in [5, 5.41) is -0.374. The van der Waals surface area contributed by atoms with Crippen molar-refractivity contribution >= 4 is 54.5 Å². The van der Waals surface area contributed by atoms with Crippen molar-refractivity contribution in [2.75, 3.05) is 4.90 Å². The van der Waals surface area contributed by atoms with Gasteiger partial charge in [0.15, 0.2) is 0 Å². The minimum atomic E-state index is -5.02. The van der Waals surface area contributed by atoms with Crippen molar-refractivity contribution in [2.45, 2.75) is 9.79 Å². The van der Waals surface area contributed by atoms with Gasteiger partial charge in [0.1, 0.15) is 27.1 Å². The maximum Gasteiger partial charge on any atom is 0.297 e. The van der Waals surface area contributed by atoms with Gasteiger partial charge in [0.05, 0.1) is 12.0 Å². The van der Waals surface area contributed by atoms with Crippen LogP contribution in [0, 0.1) is 0 Å². The smallest absolute Gasteiger partial charge is 0.297 e. The van der Waals surface area contributed by atoms with E-state index in [1.54, 1.807) is 42.5 Å². The van der Waals surface area contributed by atoms with Gasteiger partial charge < -0.3 is 4.42 Å². The average Bonchev–Trinajstić information content (AvgIpc) is 3.45. The lowest BCUT2D eigenvalue weighted by molar-refractivity contribution is -0.113. The van der Waals surface area contributed by atoms with E-state index in [0.29, 0.717) is 11.3 Å². The van der Waals surface area contributed by atoms with Crippen LogP contribution in [-0.4, -0.2) is 37.7 Å². The predicted octanol–water partition coefficient (Wildman–Crippen LogP) is 3.76. The average molecular weight is 525 g/mol. The lowest BCUT2D eigenvalue weighted by atomic mass is 10.1. The summed E-state index contributed by atoms with van der Waals surface area (Å²) in [5.74, 6) is -0.295. The summed E-state index contributed by atoms with van der Waals surface area (Å²) < 4.78 is 74.0. The van der Waals surface area contributed by atoms with Gasteiger partial charge in [-0.25, -0.2) is 4.99 Å². The van der Waals surface area contributed by atoms with Crippen LogP contribution in [0.4, 0.5) is 5.69 Å². The first-order chi connectivity index (χ1) is 17.1. The molecule has 0 aliphatic carbocycles. The molecular formula is C24H16N2O8S2. The lowest BCUT2D eigenvalue weighted by Crippen LogP contribution is -2.34. The molecule has 1 aromatic heterocycles. The predicted molar refractivity (Wildman–Crippen MR) is 131 cm³/mol. The van der Waals surface area contributed by atoms with Gasteiger partial charge in [-0.05, 0) is 24.3 Å². The van der Waals surface area contributed by atoms with E-state index in [2.05, 4.69) is 4.99 Å². The van der Waals surface area contributed by atoms with E-state index in [4.69, 9.17) is 4.42 Å². The molecule has 12 heteroatoms. The molecule has 0 radical (unpaired) electrons. The molecule has 1 aliphatic heterocycles. The van der Waals surface area contributed by atoms with Crippen LogP contribution in [0.15, 0.2) is 104 Å². The number of carbonyl (C=O) groups is 1. The molecular weight excluding hydrogens is 508 g/mol. The number of benzene rings is 3. The van der Waals surface area contributed by atoms with E-state index in [1.165, 1.54) is 36.6 Å². The van der Waals surface area contributed by atoms with Gasteiger partial charge in [0, 0.05) is 22.4 Å². The van der Waals surface area contributed by atoms with Crippen LogP contribution in [0.5, 0.6) is 0 Å². The Bertz CT molecular complexity index is 1790. The van der Waals surface area contributed by atoms with Crippen LogP contribution in [-0.2, 0) is 25.0 Å². The van der Waals surface area contributed by atoms with Gasteiger partial charge in [-0.3, -0.25) is 18.8 Å². The first kappa shape index (κ1) is 23.6. The fourth-order valence-electron chi connectivity index (χ4n) is 3.99. The Morgan fingerprint density at radius 2 is 1.56 bits per heavy atom. The van der Waals surface area contributed by atoms with Gasteiger partial charge in [0.25, 0.3) is 26.1 Å². The maximum atomic E-state index is 13.5. The number of carbonyl (C=O) groups excluding carboxylic acids is 1. The maximum absolute atomic E-state index is 13.5. The Kier molecular flexibility index (Phi) is 5.60. The largest absolute Gasteiger partial charge is 0.465 e. The molecule has 0 spiro atoms. The number of hydrogen-bond acceptors (Lipinski definition) is 7. The van der Waals surface area contributed by atoms with Crippen LogP contribution in [0.2, 0.25) is 0 Å². The lowest BCUT2D eigenvalue weighted by Gasteiger charge is -2.22. The highest BCUT2D eigenvalue weighted by atomic mass is 32.2. The second-order valence-electron chi connectivity index (χ2n) is 7.70. The Hall–Kier alpha value is -4.10. The number of amides is 1. The van der Waals surface area contributed by atoms with E-state index in [1.807, 2.05) is 0 Å².